The van der Waals surface area contributed by atoms with Gasteiger partial charge in [0.15, 0.2) is 0 Å². The first-order valence-electron chi connectivity index (χ1n) is 9.41. The average molecular weight is 450 g/mol. The molecule has 1 amide bonds. The fourth-order valence-corrected chi connectivity index (χ4v) is 5.76. The molecule has 0 aromatic heterocycles. The molecule has 156 valence electrons. The molecule has 2 heterocycles. The molecule has 2 saturated heterocycles. The molecule has 0 radical (unpaired) electrons. The van der Waals surface area contributed by atoms with Gasteiger partial charge in [-0.1, -0.05) is 23.2 Å². The molecule has 2 aliphatic rings. The highest BCUT2D eigenvalue weighted by Gasteiger charge is 2.34. The summed E-state index contributed by atoms with van der Waals surface area (Å²) in [7, 11) is -3.80. The Morgan fingerprint density at radius 3 is 2.71 bits per heavy atom. The van der Waals surface area contributed by atoms with Gasteiger partial charge in [-0.3, -0.25) is 9.69 Å². The molecule has 7 nitrogen and oxygen atoms in total. The second-order valence-electron chi connectivity index (χ2n) is 7.02. The van der Waals surface area contributed by atoms with Crippen molar-refractivity contribution in [2.45, 2.75) is 17.7 Å². The number of carbonyl (C=O) groups excluding carboxylic acids is 1. The first kappa shape index (κ1) is 21.8. The van der Waals surface area contributed by atoms with Crippen LogP contribution in [-0.2, 0) is 19.6 Å². The van der Waals surface area contributed by atoms with Gasteiger partial charge >= 0.3 is 0 Å². The SMILES string of the molecule is O=C(NCCN1CCOCC1)[C@H]1CCCN(S(=O)(=O)c2cc(Cl)ccc2Cl)C1. The number of rotatable bonds is 6. The fraction of sp³-hybridized carbons (Fsp3) is 0.611. The molecule has 1 N–H and O–H groups in total. The van der Waals surface area contributed by atoms with Gasteiger partial charge in [0, 0.05) is 44.3 Å². The van der Waals surface area contributed by atoms with Crippen LogP contribution in [0.5, 0.6) is 0 Å². The summed E-state index contributed by atoms with van der Waals surface area (Å²) in [6, 6.07) is 4.37. The highest BCUT2D eigenvalue weighted by Crippen LogP contribution is 2.30. The highest BCUT2D eigenvalue weighted by atomic mass is 35.5. The van der Waals surface area contributed by atoms with Gasteiger partial charge in [-0.05, 0) is 31.0 Å². The molecule has 10 heteroatoms. The summed E-state index contributed by atoms with van der Waals surface area (Å²) >= 11 is 12.0. The third-order valence-electron chi connectivity index (χ3n) is 5.10. The summed E-state index contributed by atoms with van der Waals surface area (Å²) in [6.45, 7) is 4.99. The minimum atomic E-state index is -3.80. The van der Waals surface area contributed by atoms with Crippen LogP contribution in [0.2, 0.25) is 10.0 Å². The van der Waals surface area contributed by atoms with Gasteiger partial charge in [-0.15, -0.1) is 0 Å². The van der Waals surface area contributed by atoms with E-state index in [0.717, 1.165) is 32.8 Å². The summed E-state index contributed by atoms with van der Waals surface area (Å²) < 4.78 is 32.6. The standard InChI is InChI=1S/C18H25Cl2N3O4S/c19-15-3-4-16(20)17(12-15)28(25,26)23-6-1-2-14(13-23)18(24)21-5-7-22-8-10-27-11-9-22/h3-4,12,14H,1-2,5-11,13H2,(H,21,24)/t14-/m0/s1. The molecule has 2 aliphatic heterocycles. The summed E-state index contributed by atoms with van der Waals surface area (Å²) in [6.07, 6.45) is 1.29. The van der Waals surface area contributed by atoms with E-state index in [1.54, 1.807) is 6.07 Å². The predicted molar refractivity (Wildman–Crippen MR) is 108 cm³/mol. The summed E-state index contributed by atoms with van der Waals surface area (Å²) in [4.78, 5) is 14.8. The van der Waals surface area contributed by atoms with E-state index in [1.807, 2.05) is 0 Å². The summed E-state index contributed by atoms with van der Waals surface area (Å²) in [5, 5.41) is 3.37. The van der Waals surface area contributed by atoms with Crippen LogP contribution in [0.4, 0.5) is 0 Å². The number of hydrogen-bond donors (Lipinski definition) is 1. The van der Waals surface area contributed by atoms with Crippen molar-refractivity contribution >= 4 is 39.1 Å². The number of carbonyl (C=O) groups is 1. The third kappa shape index (κ3) is 5.37. The quantitative estimate of drug-likeness (QED) is 0.716. The lowest BCUT2D eigenvalue weighted by Crippen LogP contribution is -2.47. The van der Waals surface area contributed by atoms with Crippen LogP contribution in [0.25, 0.3) is 0 Å². The van der Waals surface area contributed by atoms with Crippen molar-refractivity contribution in [1.29, 1.82) is 0 Å². The Labute approximate surface area is 176 Å². The van der Waals surface area contributed by atoms with Crippen LogP contribution >= 0.6 is 23.2 Å². The van der Waals surface area contributed by atoms with Crippen molar-refractivity contribution in [1.82, 2.24) is 14.5 Å². The maximum Gasteiger partial charge on any atom is 0.244 e. The predicted octanol–water partition coefficient (Wildman–Crippen LogP) is 1.84. The fourth-order valence-electron chi connectivity index (χ4n) is 3.50. The molecule has 1 aromatic rings. The molecular weight excluding hydrogens is 425 g/mol. The number of hydrogen-bond acceptors (Lipinski definition) is 5. The number of nitrogens with zero attached hydrogens (tertiary/aromatic N) is 2. The van der Waals surface area contributed by atoms with Crippen LogP contribution in [0.3, 0.4) is 0 Å². The van der Waals surface area contributed by atoms with Gasteiger partial charge in [0.05, 0.1) is 24.2 Å². The van der Waals surface area contributed by atoms with E-state index in [-0.39, 0.29) is 28.3 Å². The highest BCUT2D eigenvalue weighted by molar-refractivity contribution is 7.89. The third-order valence-corrected chi connectivity index (χ3v) is 7.68. The van der Waals surface area contributed by atoms with Gasteiger partial charge in [-0.2, -0.15) is 4.31 Å². The van der Waals surface area contributed by atoms with Crippen LogP contribution in [-0.4, -0.2) is 76.0 Å². The zero-order chi connectivity index (χ0) is 20.1. The molecule has 28 heavy (non-hydrogen) atoms. The summed E-state index contributed by atoms with van der Waals surface area (Å²) in [5.74, 6) is -0.475. The van der Waals surface area contributed by atoms with Gasteiger partial charge in [0.25, 0.3) is 0 Å². The molecule has 2 fully saturated rings. The second-order valence-corrected chi connectivity index (χ2v) is 9.77. The Bertz CT molecular complexity index is 800. The Morgan fingerprint density at radius 1 is 1.21 bits per heavy atom. The molecule has 0 unspecified atom stereocenters. The van der Waals surface area contributed by atoms with Gasteiger partial charge in [0.2, 0.25) is 15.9 Å². The van der Waals surface area contributed by atoms with E-state index in [1.165, 1.54) is 16.4 Å². The van der Waals surface area contributed by atoms with Crippen molar-refractivity contribution in [2.24, 2.45) is 5.92 Å². The van der Waals surface area contributed by atoms with E-state index in [2.05, 4.69) is 10.2 Å². The van der Waals surface area contributed by atoms with E-state index >= 15 is 0 Å². The number of ether oxygens (including phenoxy) is 1. The van der Waals surface area contributed by atoms with Crippen molar-refractivity contribution in [3.05, 3.63) is 28.2 Å². The van der Waals surface area contributed by atoms with E-state index in [4.69, 9.17) is 27.9 Å². The number of morpholine rings is 1. The number of halogens is 2. The Balaban J connectivity index is 1.58. The van der Waals surface area contributed by atoms with Crippen LogP contribution in [0.1, 0.15) is 12.8 Å². The monoisotopic (exact) mass is 449 g/mol. The minimum Gasteiger partial charge on any atom is -0.379 e. The Kier molecular flexibility index (Phi) is 7.58. The number of sulfonamides is 1. The molecule has 1 atom stereocenters. The van der Waals surface area contributed by atoms with Crippen LogP contribution < -0.4 is 5.32 Å². The Hall–Kier alpha value is -0.900. The Morgan fingerprint density at radius 2 is 1.96 bits per heavy atom. The number of amides is 1. The lowest BCUT2D eigenvalue weighted by Gasteiger charge is -2.32. The molecule has 0 aliphatic carbocycles. The van der Waals surface area contributed by atoms with E-state index in [9.17, 15) is 13.2 Å². The molecular formula is C18H25Cl2N3O4S. The zero-order valence-electron chi connectivity index (χ0n) is 15.6. The lowest BCUT2D eigenvalue weighted by molar-refractivity contribution is -0.126. The van der Waals surface area contributed by atoms with E-state index in [0.29, 0.717) is 31.0 Å². The van der Waals surface area contributed by atoms with Crippen molar-refractivity contribution < 1.29 is 17.9 Å². The normalized spacial score (nSPS) is 22.1. The first-order chi connectivity index (χ1) is 13.4. The zero-order valence-corrected chi connectivity index (χ0v) is 17.9. The minimum absolute atomic E-state index is 0.0185. The smallest absolute Gasteiger partial charge is 0.244 e. The average Bonchev–Trinajstić information content (AvgIpc) is 2.70. The van der Waals surface area contributed by atoms with Gasteiger partial charge in [0.1, 0.15) is 4.90 Å². The lowest BCUT2D eigenvalue weighted by atomic mass is 9.99. The number of nitrogens with one attached hydrogen (secondary N) is 1. The second kappa shape index (κ2) is 9.73. The molecule has 1 aromatic carbocycles. The number of benzene rings is 1. The van der Waals surface area contributed by atoms with Gasteiger partial charge < -0.3 is 10.1 Å². The van der Waals surface area contributed by atoms with Gasteiger partial charge in [-0.25, -0.2) is 8.42 Å². The maximum atomic E-state index is 13.0. The molecule has 3 rings (SSSR count). The molecule has 0 saturated carbocycles. The number of piperidine rings is 1. The van der Waals surface area contributed by atoms with Crippen LogP contribution in [0, 0.1) is 5.92 Å². The first-order valence-corrected chi connectivity index (χ1v) is 11.6. The molecule has 0 spiro atoms. The topological polar surface area (TPSA) is 79.0 Å². The van der Waals surface area contributed by atoms with Crippen molar-refractivity contribution in [3.63, 3.8) is 0 Å². The largest absolute Gasteiger partial charge is 0.379 e. The van der Waals surface area contributed by atoms with Crippen molar-refractivity contribution in [3.8, 4) is 0 Å². The van der Waals surface area contributed by atoms with Crippen molar-refractivity contribution in [2.75, 3.05) is 52.5 Å². The molecule has 0 bridgehead atoms. The van der Waals surface area contributed by atoms with Crippen LogP contribution in [0.15, 0.2) is 23.1 Å². The maximum absolute atomic E-state index is 13.0. The summed E-state index contributed by atoms with van der Waals surface area (Å²) in [5.41, 5.74) is 0. The van der Waals surface area contributed by atoms with E-state index < -0.39 is 10.0 Å².